The third-order valence-electron chi connectivity index (χ3n) is 3.31. The predicted octanol–water partition coefficient (Wildman–Crippen LogP) is 4.20. The second kappa shape index (κ2) is 6.15. The Hall–Kier alpha value is -2.40. The molecule has 3 rings (SSSR count). The van der Waals surface area contributed by atoms with E-state index < -0.39 is 0 Å². The van der Waals surface area contributed by atoms with Crippen LogP contribution in [0, 0.1) is 6.92 Å². The fourth-order valence-corrected chi connectivity index (χ4v) is 2.64. The van der Waals surface area contributed by atoms with Gasteiger partial charge in [0.1, 0.15) is 0 Å². The zero-order valence-corrected chi connectivity index (χ0v) is 13.5. The first kappa shape index (κ1) is 14.5. The first-order chi connectivity index (χ1) is 10.6. The summed E-state index contributed by atoms with van der Waals surface area (Å²) in [6.07, 6.45) is 1.83. The summed E-state index contributed by atoms with van der Waals surface area (Å²) in [5.41, 5.74) is 2.69. The number of rotatable bonds is 3. The van der Waals surface area contributed by atoms with Gasteiger partial charge in [-0.3, -0.25) is 4.79 Å². The van der Waals surface area contributed by atoms with E-state index in [1.165, 1.54) is 0 Å². The second-order valence-electron chi connectivity index (χ2n) is 4.87. The molecule has 0 fully saturated rings. The van der Waals surface area contributed by atoms with Crippen molar-refractivity contribution in [2.45, 2.75) is 6.92 Å². The fraction of sp³-hybridized carbons (Fsp3) is 0.0588. The standard InChI is InChI=1S/C17H14BrN3O/c1-12-6-2-5-9-15(12)21-11-10-16(20-21)19-17(22)13-7-3-4-8-14(13)18/h2-11H,1H3,(H,19,20,22). The maximum atomic E-state index is 12.3. The maximum absolute atomic E-state index is 12.3. The third kappa shape index (κ3) is 2.94. The number of carbonyl (C=O) groups excluding carboxylic acids is 1. The quantitative estimate of drug-likeness (QED) is 0.765. The van der Waals surface area contributed by atoms with Crippen molar-refractivity contribution in [1.82, 2.24) is 9.78 Å². The molecule has 0 aliphatic rings. The van der Waals surface area contributed by atoms with Gasteiger partial charge in [0.15, 0.2) is 5.82 Å². The average molecular weight is 356 g/mol. The molecule has 0 radical (unpaired) electrons. The molecule has 22 heavy (non-hydrogen) atoms. The summed E-state index contributed by atoms with van der Waals surface area (Å²) in [4.78, 5) is 12.3. The number of hydrogen-bond acceptors (Lipinski definition) is 2. The van der Waals surface area contributed by atoms with Crippen molar-refractivity contribution in [3.63, 3.8) is 0 Å². The van der Waals surface area contributed by atoms with E-state index in [2.05, 4.69) is 26.3 Å². The molecule has 0 bridgehead atoms. The van der Waals surface area contributed by atoms with Gasteiger partial charge in [-0.25, -0.2) is 4.68 Å². The minimum atomic E-state index is -0.192. The first-order valence-corrected chi connectivity index (χ1v) is 7.62. The Bertz CT molecular complexity index is 826. The molecular weight excluding hydrogens is 342 g/mol. The van der Waals surface area contributed by atoms with Crippen molar-refractivity contribution in [2.24, 2.45) is 0 Å². The van der Waals surface area contributed by atoms with Gasteiger partial charge in [0.2, 0.25) is 0 Å². The molecule has 1 N–H and O–H groups in total. The number of amides is 1. The zero-order valence-electron chi connectivity index (χ0n) is 12.0. The van der Waals surface area contributed by atoms with Crippen molar-refractivity contribution < 1.29 is 4.79 Å². The second-order valence-corrected chi connectivity index (χ2v) is 5.72. The molecule has 4 nitrogen and oxygen atoms in total. The lowest BCUT2D eigenvalue weighted by atomic mass is 10.2. The average Bonchev–Trinajstić information content (AvgIpc) is 2.96. The molecule has 5 heteroatoms. The topological polar surface area (TPSA) is 46.9 Å². The highest BCUT2D eigenvalue weighted by molar-refractivity contribution is 9.10. The van der Waals surface area contributed by atoms with Crippen LogP contribution in [-0.4, -0.2) is 15.7 Å². The number of aromatic nitrogens is 2. The number of hydrogen-bond donors (Lipinski definition) is 1. The van der Waals surface area contributed by atoms with Crippen LogP contribution < -0.4 is 5.32 Å². The summed E-state index contributed by atoms with van der Waals surface area (Å²) in [6, 6.07) is 17.0. The Morgan fingerprint density at radius 3 is 2.59 bits per heavy atom. The number of carbonyl (C=O) groups is 1. The lowest BCUT2D eigenvalue weighted by molar-refractivity contribution is 0.102. The number of benzene rings is 2. The van der Waals surface area contributed by atoms with Crippen molar-refractivity contribution in [1.29, 1.82) is 0 Å². The molecular formula is C17H14BrN3O. The molecule has 3 aromatic rings. The van der Waals surface area contributed by atoms with E-state index in [-0.39, 0.29) is 5.91 Å². The summed E-state index contributed by atoms with van der Waals surface area (Å²) in [5, 5.41) is 7.21. The molecule has 0 spiro atoms. The molecule has 0 saturated carbocycles. The van der Waals surface area contributed by atoms with Gasteiger partial charge in [0.05, 0.1) is 11.3 Å². The van der Waals surface area contributed by atoms with Crippen LogP contribution in [0.15, 0.2) is 65.3 Å². The molecule has 2 aromatic carbocycles. The molecule has 1 heterocycles. The molecule has 0 saturated heterocycles. The predicted molar refractivity (Wildman–Crippen MR) is 90.4 cm³/mol. The summed E-state index contributed by atoms with van der Waals surface area (Å²) in [5.74, 6) is 0.325. The number of aryl methyl sites for hydroxylation is 1. The maximum Gasteiger partial charge on any atom is 0.258 e. The first-order valence-electron chi connectivity index (χ1n) is 6.83. The SMILES string of the molecule is Cc1ccccc1-n1ccc(NC(=O)c2ccccc2Br)n1. The van der Waals surface area contributed by atoms with Crippen molar-refractivity contribution in [3.05, 3.63) is 76.4 Å². The largest absolute Gasteiger partial charge is 0.305 e. The van der Waals surface area contributed by atoms with Gasteiger partial charge in [0, 0.05) is 16.7 Å². The Morgan fingerprint density at radius 1 is 1.09 bits per heavy atom. The Balaban J connectivity index is 1.82. The summed E-state index contributed by atoms with van der Waals surface area (Å²) in [7, 11) is 0. The number of anilines is 1. The van der Waals surface area contributed by atoms with Crippen LogP contribution in [0.1, 0.15) is 15.9 Å². The summed E-state index contributed by atoms with van der Waals surface area (Å²) < 4.78 is 2.51. The van der Waals surface area contributed by atoms with E-state index in [9.17, 15) is 4.79 Å². The zero-order chi connectivity index (χ0) is 15.5. The van der Waals surface area contributed by atoms with Crippen LogP contribution in [0.4, 0.5) is 5.82 Å². The third-order valence-corrected chi connectivity index (χ3v) is 4.00. The lowest BCUT2D eigenvalue weighted by Gasteiger charge is -2.06. The molecule has 0 unspecified atom stereocenters. The number of nitrogens with zero attached hydrogens (tertiary/aromatic N) is 2. The number of para-hydroxylation sites is 1. The van der Waals surface area contributed by atoms with Gasteiger partial charge < -0.3 is 5.32 Å². The number of halogens is 1. The van der Waals surface area contributed by atoms with Gasteiger partial charge in [-0.15, -0.1) is 0 Å². The van der Waals surface area contributed by atoms with Gasteiger partial charge in [0.25, 0.3) is 5.91 Å². The van der Waals surface area contributed by atoms with Gasteiger partial charge >= 0.3 is 0 Å². The fourth-order valence-electron chi connectivity index (χ4n) is 2.17. The van der Waals surface area contributed by atoms with E-state index in [1.807, 2.05) is 55.6 Å². The highest BCUT2D eigenvalue weighted by Gasteiger charge is 2.11. The minimum absolute atomic E-state index is 0.192. The number of nitrogens with one attached hydrogen (secondary N) is 1. The molecule has 0 aliphatic carbocycles. The highest BCUT2D eigenvalue weighted by atomic mass is 79.9. The minimum Gasteiger partial charge on any atom is -0.305 e. The van der Waals surface area contributed by atoms with Crippen molar-refractivity contribution in [2.75, 3.05) is 5.32 Å². The van der Waals surface area contributed by atoms with Crippen LogP contribution >= 0.6 is 15.9 Å². The summed E-state index contributed by atoms with van der Waals surface area (Å²) >= 11 is 3.38. The normalized spacial score (nSPS) is 10.5. The Kier molecular flexibility index (Phi) is 4.06. The highest BCUT2D eigenvalue weighted by Crippen LogP contribution is 2.18. The van der Waals surface area contributed by atoms with Crippen LogP contribution in [0.5, 0.6) is 0 Å². The van der Waals surface area contributed by atoms with E-state index in [4.69, 9.17) is 0 Å². The van der Waals surface area contributed by atoms with Crippen LogP contribution in [0.25, 0.3) is 5.69 Å². The van der Waals surface area contributed by atoms with E-state index >= 15 is 0 Å². The lowest BCUT2D eigenvalue weighted by Crippen LogP contribution is -2.13. The molecule has 0 atom stereocenters. The smallest absolute Gasteiger partial charge is 0.258 e. The molecule has 1 amide bonds. The van der Waals surface area contributed by atoms with E-state index in [1.54, 1.807) is 16.8 Å². The Labute approximate surface area is 136 Å². The van der Waals surface area contributed by atoms with Crippen LogP contribution in [-0.2, 0) is 0 Å². The van der Waals surface area contributed by atoms with E-state index in [0.29, 0.717) is 11.4 Å². The Morgan fingerprint density at radius 2 is 1.82 bits per heavy atom. The molecule has 110 valence electrons. The van der Waals surface area contributed by atoms with Crippen molar-refractivity contribution >= 4 is 27.7 Å². The van der Waals surface area contributed by atoms with Gasteiger partial charge in [-0.05, 0) is 46.6 Å². The van der Waals surface area contributed by atoms with E-state index in [0.717, 1.165) is 15.7 Å². The van der Waals surface area contributed by atoms with Gasteiger partial charge in [-0.2, -0.15) is 5.10 Å². The van der Waals surface area contributed by atoms with Gasteiger partial charge in [-0.1, -0.05) is 30.3 Å². The molecule has 0 aliphatic heterocycles. The van der Waals surface area contributed by atoms with Crippen LogP contribution in [0.3, 0.4) is 0 Å². The monoisotopic (exact) mass is 355 g/mol. The molecule has 1 aromatic heterocycles. The summed E-state index contributed by atoms with van der Waals surface area (Å²) in [6.45, 7) is 2.02. The van der Waals surface area contributed by atoms with Crippen molar-refractivity contribution in [3.8, 4) is 5.69 Å². The van der Waals surface area contributed by atoms with Crippen LogP contribution in [0.2, 0.25) is 0 Å².